The predicted molar refractivity (Wildman–Crippen MR) is 77.1 cm³/mol. The molecule has 0 aliphatic rings. The van der Waals surface area contributed by atoms with Crippen molar-refractivity contribution in [3.8, 4) is 11.4 Å². The Morgan fingerprint density at radius 3 is 2.63 bits per heavy atom. The third-order valence-electron chi connectivity index (χ3n) is 3.09. The highest BCUT2D eigenvalue weighted by atomic mass is 15.2. The van der Waals surface area contributed by atoms with Crippen molar-refractivity contribution in [1.82, 2.24) is 19.7 Å². The van der Waals surface area contributed by atoms with Crippen molar-refractivity contribution in [1.29, 1.82) is 0 Å². The molecule has 2 aromatic rings. The summed E-state index contributed by atoms with van der Waals surface area (Å²) < 4.78 is 1.77. The predicted octanol–water partition coefficient (Wildman–Crippen LogP) is 2.57. The highest BCUT2D eigenvalue weighted by Gasteiger charge is 2.11. The molecule has 0 amide bonds. The average Bonchev–Trinajstić information content (AvgIpc) is 2.84. The SMILES string of the molecule is CCCNc1nc(-c2cnn(C)c2)nc(CC)c1C. The highest BCUT2D eigenvalue weighted by molar-refractivity contribution is 5.58. The van der Waals surface area contributed by atoms with E-state index >= 15 is 0 Å². The van der Waals surface area contributed by atoms with E-state index in [-0.39, 0.29) is 0 Å². The van der Waals surface area contributed by atoms with Crippen molar-refractivity contribution in [2.45, 2.75) is 33.6 Å². The molecule has 0 aliphatic carbocycles. The first-order chi connectivity index (χ1) is 9.15. The summed E-state index contributed by atoms with van der Waals surface area (Å²) in [5, 5.41) is 7.55. The molecule has 0 atom stereocenters. The Kier molecular flexibility index (Phi) is 4.14. The van der Waals surface area contributed by atoms with Gasteiger partial charge in [0.05, 0.1) is 11.8 Å². The van der Waals surface area contributed by atoms with Crippen LogP contribution < -0.4 is 5.32 Å². The Morgan fingerprint density at radius 2 is 2.05 bits per heavy atom. The molecule has 19 heavy (non-hydrogen) atoms. The molecule has 1 N–H and O–H groups in total. The standard InChI is InChI=1S/C14H21N5/c1-5-7-15-13-10(3)12(6-2)17-14(18-13)11-8-16-19(4)9-11/h8-9H,5-7H2,1-4H3,(H,15,17,18). The van der Waals surface area contributed by atoms with Gasteiger partial charge in [-0.25, -0.2) is 9.97 Å². The number of hydrogen-bond donors (Lipinski definition) is 1. The topological polar surface area (TPSA) is 55.6 Å². The second-order valence-corrected chi connectivity index (χ2v) is 4.65. The monoisotopic (exact) mass is 259 g/mol. The smallest absolute Gasteiger partial charge is 0.164 e. The van der Waals surface area contributed by atoms with Gasteiger partial charge >= 0.3 is 0 Å². The van der Waals surface area contributed by atoms with E-state index in [1.165, 1.54) is 0 Å². The molecule has 102 valence electrons. The van der Waals surface area contributed by atoms with E-state index in [1.54, 1.807) is 10.9 Å². The van der Waals surface area contributed by atoms with Crippen LogP contribution in [0.15, 0.2) is 12.4 Å². The summed E-state index contributed by atoms with van der Waals surface area (Å²) in [7, 11) is 1.90. The van der Waals surface area contributed by atoms with Gasteiger partial charge in [-0.05, 0) is 19.8 Å². The van der Waals surface area contributed by atoms with Gasteiger partial charge in [-0.3, -0.25) is 4.68 Å². The maximum Gasteiger partial charge on any atom is 0.164 e. The molecule has 0 saturated carbocycles. The lowest BCUT2D eigenvalue weighted by Crippen LogP contribution is -2.08. The van der Waals surface area contributed by atoms with E-state index in [1.807, 2.05) is 13.2 Å². The van der Waals surface area contributed by atoms with Gasteiger partial charge in [0.15, 0.2) is 5.82 Å². The molecule has 0 fully saturated rings. The lowest BCUT2D eigenvalue weighted by molar-refractivity contribution is 0.768. The summed E-state index contributed by atoms with van der Waals surface area (Å²) in [6, 6.07) is 0. The Balaban J connectivity index is 2.44. The molecule has 2 rings (SSSR count). The van der Waals surface area contributed by atoms with Gasteiger partial charge in [-0.2, -0.15) is 5.10 Å². The molecule has 5 nitrogen and oxygen atoms in total. The molecular weight excluding hydrogens is 238 g/mol. The summed E-state index contributed by atoms with van der Waals surface area (Å²) in [5.74, 6) is 1.68. The molecule has 2 aromatic heterocycles. The number of hydrogen-bond acceptors (Lipinski definition) is 4. The molecule has 0 bridgehead atoms. The van der Waals surface area contributed by atoms with Crippen LogP contribution in [0.4, 0.5) is 5.82 Å². The second-order valence-electron chi connectivity index (χ2n) is 4.65. The van der Waals surface area contributed by atoms with E-state index < -0.39 is 0 Å². The zero-order chi connectivity index (χ0) is 13.8. The van der Waals surface area contributed by atoms with Gasteiger partial charge in [-0.15, -0.1) is 0 Å². The van der Waals surface area contributed by atoms with Crippen LogP contribution in [0.25, 0.3) is 11.4 Å². The summed E-state index contributed by atoms with van der Waals surface area (Å²) in [5.41, 5.74) is 3.19. The molecule has 5 heteroatoms. The first kappa shape index (κ1) is 13.5. The molecule has 0 unspecified atom stereocenters. The molecule has 2 heterocycles. The average molecular weight is 259 g/mol. The van der Waals surface area contributed by atoms with Gasteiger partial charge in [0.1, 0.15) is 5.82 Å². The molecule has 0 aliphatic heterocycles. The van der Waals surface area contributed by atoms with Crippen LogP contribution >= 0.6 is 0 Å². The Morgan fingerprint density at radius 1 is 1.26 bits per heavy atom. The number of nitrogens with zero attached hydrogens (tertiary/aromatic N) is 4. The lowest BCUT2D eigenvalue weighted by Gasteiger charge is -2.12. The first-order valence-corrected chi connectivity index (χ1v) is 6.76. The zero-order valence-electron chi connectivity index (χ0n) is 12.1. The van der Waals surface area contributed by atoms with Crippen LogP contribution in [0.1, 0.15) is 31.5 Å². The largest absolute Gasteiger partial charge is 0.370 e. The van der Waals surface area contributed by atoms with E-state index in [4.69, 9.17) is 0 Å². The molecule has 0 aromatic carbocycles. The van der Waals surface area contributed by atoms with Gasteiger partial charge in [-0.1, -0.05) is 13.8 Å². The number of aryl methyl sites for hydroxylation is 2. The third kappa shape index (κ3) is 2.92. The fraction of sp³-hybridized carbons (Fsp3) is 0.500. The van der Waals surface area contributed by atoms with Crippen molar-refractivity contribution < 1.29 is 0 Å². The van der Waals surface area contributed by atoms with Crippen LogP contribution in [0.2, 0.25) is 0 Å². The van der Waals surface area contributed by atoms with Gasteiger partial charge < -0.3 is 5.32 Å². The lowest BCUT2D eigenvalue weighted by atomic mass is 10.1. The Hall–Kier alpha value is -1.91. The third-order valence-corrected chi connectivity index (χ3v) is 3.09. The quantitative estimate of drug-likeness (QED) is 0.896. The number of nitrogens with one attached hydrogen (secondary N) is 1. The van der Waals surface area contributed by atoms with E-state index in [0.717, 1.165) is 47.8 Å². The van der Waals surface area contributed by atoms with Crippen molar-refractivity contribution in [2.24, 2.45) is 7.05 Å². The number of anilines is 1. The minimum atomic E-state index is 0.745. The maximum atomic E-state index is 4.64. The van der Waals surface area contributed by atoms with Crippen LogP contribution in [0, 0.1) is 6.92 Å². The van der Waals surface area contributed by atoms with Gasteiger partial charge in [0.25, 0.3) is 0 Å². The van der Waals surface area contributed by atoms with Crippen LogP contribution in [0.3, 0.4) is 0 Å². The fourth-order valence-electron chi connectivity index (χ4n) is 1.99. The Labute approximate surface area is 114 Å². The van der Waals surface area contributed by atoms with Crippen LogP contribution in [0.5, 0.6) is 0 Å². The Bertz CT molecular complexity index is 559. The van der Waals surface area contributed by atoms with E-state index in [9.17, 15) is 0 Å². The second kappa shape index (κ2) is 5.82. The van der Waals surface area contributed by atoms with Gasteiger partial charge in [0.2, 0.25) is 0 Å². The van der Waals surface area contributed by atoms with E-state index in [2.05, 4.69) is 41.2 Å². The first-order valence-electron chi connectivity index (χ1n) is 6.76. The summed E-state index contributed by atoms with van der Waals surface area (Å²) in [4.78, 5) is 9.27. The maximum absolute atomic E-state index is 4.64. The van der Waals surface area contributed by atoms with Crippen molar-refractivity contribution in [2.75, 3.05) is 11.9 Å². The summed E-state index contributed by atoms with van der Waals surface area (Å²) >= 11 is 0. The van der Waals surface area contributed by atoms with Gasteiger partial charge in [0, 0.05) is 31.0 Å². The van der Waals surface area contributed by atoms with Crippen molar-refractivity contribution in [3.63, 3.8) is 0 Å². The minimum Gasteiger partial charge on any atom is -0.370 e. The zero-order valence-corrected chi connectivity index (χ0v) is 12.1. The number of aromatic nitrogens is 4. The van der Waals surface area contributed by atoms with Crippen LogP contribution in [-0.4, -0.2) is 26.3 Å². The normalized spacial score (nSPS) is 10.7. The fourth-order valence-corrected chi connectivity index (χ4v) is 1.99. The van der Waals surface area contributed by atoms with E-state index in [0.29, 0.717) is 0 Å². The van der Waals surface area contributed by atoms with Crippen molar-refractivity contribution in [3.05, 3.63) is 23.7 Å². The highest BCUT2D eigenvalue weighted by Crippen LogP contribution is 2.22. The van der Waals surface area contributed by atoms with Crippen molar-refractivity contribution >= 4 is 5.82 Å². The summed E-state index contributed by atoms with van der Waals surface area (Å²) in [6.07, 6.45) is 5.72. The minimum absolute atomic E-state index is 0.745. The molecular formula is C14H21N5. The van der Waals surface area contributed by atoms with Crippen LogP contribution in [-0.2, 0) is 13.5 Å². The molecule has 0 radical (unpaired) electrons. The number of rotatable bonds is 5. The molecule has 0 saturated heterocycles. The summed E-state index contributed by atoms with van der Waals surface area (Å²) in [6.45, 7) is 7.26. The molecule has 0 spiro atoms.